The Bertz CT molecular complexity index is 1320. The maximum absolute atomic E-state index is 13.6. The normalized spacial score (nSPS) is 13.9. The fourth-order valence-electron chi connectivity index (χ4n) is 4.06. The van der Waals surface area contributed by atoms with Crippen molar-refractivity contribution in [1.82, 2.24) is 9.62 Å². The lowest BCUT2D eigenvalue weighted by atomic mass is 9.95. The molecule has 0 heterocycles. The molecule has 0 aliphatic heterocycles. The zero-order valence-corrected chi connectivity index (χ0v) is 24.6. The minimum absolute atomic E-state index is 0.0896. The Morgan fingerprint density at radius 2 is 1.78 bits per heavy atom. The summed E-state index contributed by atoms with van der Waals surface area (Å²) < 4.78 is 67.9. The van der Waals surface area contributed by atoms with E-state index in [1.165, 1.54) is 19.5 Å². The molecule has 2 rings (SSSR count). The number of alkyl halides is 3. The van der Waals surface area contributed by atoms with Crippen molar-refractivity contribution in [2.45, 2.75) is 75.6 Å². The van der Waals surface area contributed by atoms with Gasteiger partial charge in [0, 0.05) is 37.7 Å². The molecule has 0 saturated heterocycles. The number of aliphatic hydroxyl groups excluding tert-OH is 1. The Morgan fingerprint density at radius 1 is 1.12 bits per heavy atom. The highest BCUT2D eigenvalue weighted by molar-refractivity contribution is 7.89. The summed E-state index contributed by atoms with van der Waals surface area (Å²) in [7, 11) is -3.20. The summed E-state index contributed by atoms with van der Waals surface area (Å²) >= 11 is 0. The molecule has 0 aliphatic rings. The summed E-state index contributed by atoms with van der Waals surface area (Å²) in [6.45, 7) is 5.22. The van der Waals surface area contributed by atoms with Crippen molar-refractivity contribution in [3.63, 3.8) is 0 Å². The molecule has 0 amide bonds. The van der Waals surface area contributed by atoms with Crippen molar-refractivity contribution in [3.05, 3.63) is 65.2 Å². The number of likely N-dealkylation sites (N-methyl/N-ethyl adjacent to an activating group) is 1. The number of carboxylic acids is 1. The van der Waals surface area contributed by atoms with Crippen LogP contribution in [0.25, 0.3) is 0 Å². The van der Waals surface area contributed by atoms with Crippen molar-refractivity contribution in [1.29, 1.82) is 0 Å². The zero-order chi connectivity index (χ0) is 30.8. The van der Waals surface area contributed by atoms with E-state index >= 15 is 0 Å². The molecule has 11 heteroatoms. The Kier molecular flexibility index (Phi) is 12.4. The summed E-state index contributed by atoms with van der Waals surface area (Å²) in [6.07, 6.45) is -2.98. The van der Waals surface area contributed by atoms with Crippen LogP contribution in [0.5, 0.6) is 0 Å². The Labute approximate surface area is 240 Å². The monoisotopic (exact) mass is 596 g/mol. The SMILES string of the molecule is C[C@H](CCC#Cc1cc(C(F)(F)F)cc(S(=O)(=O)N(C)CC(O)CNC(C)(C)CCCc2ccccc2)c1)C(=O)O. The molecule has 226 valence electrons. The van der Waals surface area contributed by atoms with Crippen LogP contribution >= 0.6 is 0 Å². The highest BCUT2D eigenvalue weighted by Gasteiger charge is 2.33. The second kappa shape index (κ2) is 14.8. The first-order chi connectivity index (χ1) is 19.0. The van der Waals surface area contributed by atoms with E-state index in [4.69, 9.17) is 5.11 Å². The van der Waals surface area contributed by atoms with Crippen molar-refractivity contribution in [2.24, 2.45) is 5.92 Å². The first kappa shape index (κ1) is 34.3. The predicted molar refractivity (Wildman–Crippen MR) is 152 cm³/mol. The number of aliphatic carboxylic acids is 1. The van der Waals surface area contributed by atoms with Gasteiger partial charge in [-0.1, -0.05) is 49.1 Å². The molecule has 2 aromatic carbocycles. The van der Waals surface area contributed by atoms with Gasteiger partial charge >= 0.3 is 12.1 Å². The average molecular weight is 597 g/mol. The van der Waals surface area contributed by atoms with E-state index in [9.17, 15) is 31.5 Å². The van der Waals surface area contributed by atoms with Gasteiger partial charge in [-0.05, 0) is 63.3 Å². The molecule has 0 radical (unpaired) electrons. The number of nitrogens with one attached hydrogen (secondary N) is 1. The second-order valence-corrected chi connectivity index (χ2v) is 12.9. The molecule has 2 aromatic rings. The van der Waals surface area contributed by atoms with Crippen molar-refractivity contribution in [2.75, 3.05) is 20.1 Å². The van der Waals surface area contributed by atoms with E-state index < -0.39 is 44.6 Å². The van der Waals surface area contributed by atoms with Gasteiger partial charge in [-0.15, -0.1) is 0 Å². The van der Waals surface area contributed by atoms with Gasteiger partial charge in [-0.3, -0.25) is 4.79 Å². The number of halogens is 3. The molecule has 0 aromatic heterocycles. The number of carbonyl (C=O) groups is 1. The number of rotatable bonds is 14. The van der Waals surface area contributed by atoms with Gasteiger partial charge in [0.05, 0.1) is 22.5 Å². The van der Waals surface area contributed by atoms with Crippen LogP contribution < -0.4 is 5.32 Å². The summed E-state index contributed by atoms with van der Waals surface area (Å²) in [5.74, 6) is 3.47. The van der Waals surface area contributed by atoms with E-state index in [0.29, 0.717) is 6.07 Å². The highest BCUT2D eigenvalue weighted by atomic mass is 32.2. The van der Waals surface area contributed by atoms with Crippen molar-refractivity contribution >= 4 is 16.0 Å². The summed E-state index contributed by atoms with van der Waals surface area (Å²) in [5, 5.41) is 22.7. The van der Waals surface area contributed by atoms with Crippen LogP contribution in [0.15, 0.2) is 53.4 Å². The topological polar surface area (TPSA) is 107 Å². The number of hydrogen-bond donors (Lipinski definition) is 3. The molecule has 1 unspecified atom stereocenters. The molecule has 0 spiro atoms. The van der Waals surface area contributed by atoms with Crippen molar-refractivity contribution in [3.8, 4) is 11.8 Å². The van der Waals surface area contributed by atoms with Crippen LogP contribution in [-0.4, -0.2) is 60.7 Å². The molecular weight excluding hydrogens is 557 g/mol. The lowest BCUT2D eigenvalue weighted by molar-refractivity contribution is -0.141. The first-order valence-electron chi connectivity index (χ1n) is 13.4. The highest BCUT2D eigenvalue weighted by Crippen LogP contribution is 2.32. The molecule has 3 N–H and O–H groups in total. The van der Waals surface area contributed by atoms with Crippen LogP contribution in [0, 0.1) is 17.8 Å². The number of β-amino-alcohol motifs (C(OH)–C–C–N with tert-alkyl or cyclic N) is 1. The first-order valence-corrected chi connectivity index (χ1v) is 14.8. The second-order valence-electron chi connectivity index (χ2n) is 10.9. The fraction of sp³-hybridized carbons (Fsp3) is 0.500. The van der Waals surface area contributed by atoms with Gasteiger partial charge in [0.25, 0.3) is 0 Å². The third-order valence-corrected chi connectivity index (χ3v) is 8.49. The molecule has 0 bridgehead atoms. The Balaban J connectivity index is 2.06. The number of aliphatic hydroxyl groups is 1. The number of aryl methyl sites for hydroxylation is 1. The maximum atomic E-state index is 13.6. The van der Waals surface area contributed by atoms with Gasteiger partial charge < -0.3 is 15.5 Å². The third-order valence-electron chi connectivity index (χ3n) is 6.69. The van der Waals surface area contributed by atoms with Crippen molar-refractivity contribution < 1.29 is 36.6 Å². The minimum Gasteiger partial charge on any atom is -0.481 e. The summed E-state index contributed by atoms with van der Waals surface area (Å²) in [6, 6.07) is 12.4. The number of sulfonamides is 1. The van der Waals surface area contributed by atoms with E-state index in [0.717, 1.165) is 35.7 Å². The molecule has 7 nitrogen and oxygen atoms in total. The molecular formula is C30H39F3N2O5S. The summed E-state index contributed by atoms with van der Waals surface area (Å²) in [4.78, 5) is 10.3. The molecule has 41 heavy (non-hydrogen) atoms. The molecule has 0 aliphatic carbocycles. The third kappa shape index (κ3) is 11.5. The van der Waals surface area contributed by atoms with Crippen LogP contribution in [-0.2, 0) is 27.4 Å². The van der Waals surface area contributed by atoms with Gasteiger partial charge in [0.1, 0.15) is 0 Å². The molecule has 0 fully saturated rings. The number of carboxylic acid groups (broad SMARTS) is 1. The van der Waals surface area contributed by atoms with Gasteiger partial charge in [-0.25, -0.2) is 8.42 Å². The van der Waals surface area contributed by atoms with E-state index in [1.807, 2.05) is 32.0 Å². The van der Waals surface area contributed by atoms with E-state index in [1.54, 1.807) is 0 Å². The Hall–Kier alpha value is -2.91. The number of nitrogens with zero attached hydrogens (tertiary/aromatic N) is 1. The van der Waals surface area contributed by atoms with Crippen LogP contribution in [0.3, 0.4) is 0 Å². The smallest absolute Gasteiger partial charge is 0.416 e. The fourth-order valence-corrected chi connectivity index (χ4v) is 5.34. The van der Waals surface area contributed by atoms with E-state index in [2.05, 4.69) is 29.3 Å². The maximum Gasteiger partial charge on any atom is 0.416 e. The zero-order valence-electron chi connectivity index (χ0n) is 23.8. The summed E-state index contributed by atoms with van der Waals surface area (Å²) in [5.41, 5.74) is -0.431. The predicted octanol–water partition coefficient (Wildman–Crippen LogP) is 4.93. The van der Waals surface area contributed by atoms with Crippen LogP contribution in [0.1, 0.15) is 63.1 Å². The molecule has 2 atom stereocenters. The number of hydrogen-bond acceptors (Lipinski definition) is 5. The average Bonchev–Trinajstić information content (AvgIpc) is 2.89. The molecule has 0 saturated carbocycles. The van der Waals surface area contributed by atoms with Gasteiger partial charge in [-0.2, -0.15) is 17.5 Å². The lowest BCUT2D eigenvalue weighted by Gasteiger charge is -2.29. The van der Waals surface area contributed by atoms with Gasteiger partial charge in [0.15, 0.2) is 0 Å². The lowest BCUT2D eigenvalue weighted by Crippen LogP contribution is -2.46. The standard InChI is InChI=1S/C30H39F3N2O5S/c1-22(28(37)38)11-8-9-14-24-17-25(30(31,32)33)19-27(18-24)41(39,40)35(4)21-26(36)20-34-29(2,3)16-10-15-23-12-6-5-7-13-23/h5-7,12-13,17-19,22,26,34,36H,8,10-11,15-16,20-21H2,1-4H3,(H,37,38)/t22-,26?/m1/s1. The largest absolute Gasteiger partial charge is 0.481 e. The minimum atomic E-state index is -4.81. The van der Waals surface area contributed by atoms with Crippen LogP contribution in [0.4, 0.5) is 13.2 Å². The van der Waals surface area contributed by atoms with Crippen LogP contribution in [0.2, 0.25) is 0 Å². The Morgan fingerprint density at radius 3 is 2.39 bits per heavy atom. The number of benzene rings is 2. The van der Waals surface area contributed by atoms with E-state index in [-0.39, 0.29) is 37.0 Å². The quantitative estimate of drug-likeness (QED) is 0.267. The van der Waals surface area contributed by atoms with Gasteiger partial charge in [0.2, 0.25) is 10.0 Å².